The van der Waals surface area contributed by atoms with Gasteiger partial charge >= 0.3 is 5.97 Å². The maximum absolute atomic E-state index is 14.1. The highest BCUT2D eigenvalue weighted by Crippen LogP contribution is 2.52. The summed E-state index contributed by atoms with van der Waals surface area (Å²) in [7, 11) is 5.60. The van der Waals surface area contributed by atoms with Gasteiger partial charge in [-0.15, -0.1) is 0 Å². The van der Waals surface area contributed by atoms with Crippen LogP contribution in [-0.2, 0) is 10.3 Å². The number of hydrogen-bond acceptors (Lipinski definition) is 6. The Hall–Kier alpha value is -4.97. The van der Waals surface area contributed by atoms with Crippen LogP contribution in [0.5, 0.6) is 5.75 Å². The van der Waals surface area contributed by atoms with Crippen molar-refractivity contribution in [1.82, 2.24) is 0 Å². The average molecular weight is 658 g/mol. The fourth-order valence-electron chi connectivity index (χ4n) is 6.69. The van der Waals surface area contributed by atoms with Crippen molar-refractivity contribution in [1.29, 1.82) is 0 Å². The fourth-order valence-corrected chi connectivity index (χ4v) is 6.69. The van der Waals surface area contributed by atoms with E-state index in [1.54, 1.807) is 7.11 Å². The number of rotatable bonds is 17. The van der Waals surface area contributed by atoms with E-state index in [1.807, 2.05) is 67.5 Å². The number of ether oxygens (including phenoxy) is 2. The molecule has 0 saturated carbocycles. The first-order valence-electron chi connectivity index (χ1n) is 17.6. The van der Waals surface area contributed by atoms with Crippen LogP contribution in [0.1, 0.15) is 85.0 Å². The normalized spacial score (nSPS) is 14.8. The van der Waals surface area contributed by atoms with Crippen LogP contribution in [0.3, 0.4) is 0 Å². The second-order valence-electron chi connectivity index (χ2n) is 12.8. The zero-order valence-electron chi connectivity index (χ0n) is 29.8. The molecule has 1 heterocycles. The predicted octanol–water partition coefficient (Wildman–Crippen LogP) is 10.1. The highest BCUT2D eigenvalue weighted by molar-refractivity contribution is 6.00. The molecule has 0 bridgehead atoms. The van der Waals surface area contributed by atoms with Gasteiger partial charge in [0.15, 0.2) is 5.60 Å². The second kappa shape index (κ2) is 16.4. The van der Waals surface area contributed by atoms with Crippen molar-refractivity contribution in [3.05, 3.63) is 137 Å². The number of nitrogens with zero attached hydrogens (tertiary/aromatic N) is 1. The predicted molar refractivity (Wildman–Crippen MR) is 205 cm³/mol. The lowest BCUT2D eigenvalue weighted by Crippen LogP contribution is -2.31. The van der Waals surface area contributed by atoms with Gasteiger partial charge in [0.1, 0.15) is 5.75 Å². The quantitative estimate of drug-likeness (QED) is 0.0670. The molecule has 1 unspecified atom stereocenters. The molecule has 1 aliphatic rings. The number of carbonyl (C=O) groups excluding carboxylic acids is 1. The van der Waals surface area contributed by atoms with E-state index in [1.165, 1.54) is 0 Å². The van der Waals surface area contributed by atoms with Gasteiger partial charge < -0.3 is 25.0 Å². The molecule has 0 aromatic heterocycles. The second-order valence-corrected chi connectivity index (χ2v) is 12.8. The first kappa shape index (κ1) is 35.3. The third kappa shape index (κ3) is 7.39. The zero-order valence-corrected chi connectivity index (χ0v) is 29.8. The number of hydrogen-bond donors (Lipinski definition) is 2. The van der Waals surface area contributed by atoms with Crippen molar-refractivity contribution in [3.63, 3.8) is 0 Å². The minimum atomic E-state index is -1.29. The van der Waals surface area contributed by atoms with Crippen molar-refractivity contribution >= 4 is 28.6 Å². The van der Waals surface area contributed by atoms with Crippen LogP contribution < -0.4 is 20.3 Å². The third-order valence-corrected chi connectivity index (χ3v) is 9.30. The fraction of sp³-hybridized carbons (Fsp3) is 0.326. The molecular formula is C43H51N3O3. The van der Waals surface area contributed by atoms with Crippen molar-refractivity contribution in [3.8, 4) is 5.75 Å². The largest absolute Gasteiger partial charge is 0.497 e. The van der Waals surface area contributed by atoms with Crippen molar-refractivity contribution < 1.29 is 14.3 Å². The first-order valence-corrected chi connectivity index (χ1v) is 17.6. The summed E-state index contributed by atoms with van der Waals surface area (Å²) in [6.07, 6.45) is 8.63. The van der Waals surface area contributed by atoms with Crippen LogP contribution in [0, 0.1) is 0 Å². The van der Waals surface area contributed by atoms with Crippen LogP contribution >= 0.6 is 0 Å². The van der Waals surface area contributed by atoms with E-state index in [0.717, 1.165) is 108 Å². The SMILES string of the molecule is C=CC(=C(c1ccccc1NCCCCC)c1ccccc1NCCCCC)C1(c2ccc(OC)cc2)OC(=O)c2cc(N(C)C)ccc21. The number of fused-ring (bicyclic) bond motifs is 1. The standard InChI is InChI=1S/C43H51N3O3/c1-7-10-16-28-44-39-20-14-12-18-34(39)41(35-19-13-15-21-40(35)45-29-17-11-8-2)37(9-3)43(31-22-25-33(48-6)26-23-31)38-27-24-32(46(4)5)30-36(38)42(47)49-43/h9,12-15,18-27,30,44-45H,3,7-8,10-11,16-17,28-29H2,1-2,4-6H3. The number of unbranched alkanes of at least 4 members (excludes halogenated alkanes) is 4. The van der Waals surface area contributed by atoms with E-state index in [2.05, 4.69) is 79.6 Å². The van der Waals surface area contributed by atoms with Gasteiger partial charge in [-0.05, 0) is 49.2 Å². The van der Waals surface area contributed by atoms with Gasteiger partial charge in [-0.2, -0.15) is 0 Å². The molecule has 6 heteroatoms. The molecule has 0 radical (unpaired) electrons. The van der Waals surface area contributed by atoms with E-state index < -0.39 is 5.60 Å². The van der Waals surface area contributed by atoms with Crippen LogP contribution in [0.4, 0.5) is 17.1 Å². The summed E-state index contributed by atoms with van der Waals surface area (Å²) < 4.78 is 12.3. The zero-order chi connectivity index (χ0) is 34.8. The van der Waals surface area contributed by atoms with Gasteiger partial charge in [0, 0.05) is 77.6 Å². The molecule has 0 saturated heterocycles. The molecule has 4 aromatic rings. The van der Waals surface area contributed by atoms with Gasteiger partial charge in [0.2, 0.25) is 0 Å². The highest BCUT2D eigenvalue weighted by Gasteiger charge is 2.50. The summed E-state index contributed by atoms with van der Waals surface area (Å²) >= 11 is 0. The molecule has 2 N–H and O–H groups in total. The van der Waals surface area contributed by atoms with Gasteiger partial charge in [-0.1, -0.05) is 107 Å². The number of benzene rings is 4. The van der Waals surface area contributed by atoms with E-state index in [-0.39, 0.29) is 5.97 Å². The smallest absolute Gasteiger partial charge is 0.340 e. The summed E-state index contributed by atoms with van der Waals surface area (Å²) in [6.45, 7) is 10.6. The van der Waals surface area contributed by atoms with E-state index in [9.17, 15) is 4.79 Å². The van der Waals surface area contributed by atoms with E-state index >= 15 is 0 Å². The lowest BCUT2D eigenvalue weighted by atomic mass is 9.74. The van der Waals surface area contributed by atoms with Crippen molar-refractivity contribution in [2.45, 2.75) is 58.0 Å². The van der Waals surface area contributed by atoms with Crippen LogP contribution in [-0.4, -0.2) is 40.3 Å². The number of methoxy groups -OCH3 is 1. The Morgan fingerprint density at radius 3 is 1.90 bits per heavy atom. The average Bonchev–Trinajstić information content (AvgIpc) is 3.43. The summed E-state index contributed by atoms with van der Waals surface area (Å²) in [4.78, 5) is 16.1. The van der Waals surface area contributed by atoms with Gasteiger partial charge in [-0.25, -0.2) is 4.79 Å². The Kier molecular flexibility index (Phi) is 11.8. The Morgan fingerprint density at radius 2 is 1.39 bits per heavy atom. The van der Waals surface area contributed by atoms with Gasteiger partial charge in [-0.3, -0.25) is 0 Å². The minimum absolute atomic E-state index is 0.370. The molecule has 1 atom stereocenters. The molecule has 4 aromatic carbocycles. The molecule has 256 valence electrons. The van der Waals surface area contributed by atoms with E-state index in [0.29, 0.717) is 5.56 Å². The van der Waals surface area contributed by atoms with E-state index in [4.69, 9.17) is 9.47 Å². The highest BCUT2D eigenvalue weighted by atomic mass is 16.6. The summed E-state index contributed by atoms with van der Waals surface area (Å²) in [6, 6.07) is 30.7. The number of cyclic esters (lactones) is 1. The maximum Gasteiger partial charge on any atom is 0.340 e. The lowest BCUT2D eigenvalue weighted by molar-refractivity contribution is 0.0251. The lowest BCUT2D eigenvalue weighted by Gasteiger charge is -2.34. The van der Waals surface area contributed by atoms with Crippen molar-refractivity contribution in [2.24, 2.45) is 0 Å². The summed E-state index contributed by atoms with van der Waals surface area (Å²) in [5, 5.41) is 7.49. The molecule has 0 spiro atoms. The Morgan fingerprint density at radius 1 is 0.816 bits per heavy atom. The maximum atomic E-state index is 14.1. The molecule has 6 nitrogen and oxygen atoms in total. The number of para-hydroxylation sites is 2. The van der Waals surface area contributed by atoms with Crippen molar-refractivity contribution in [2.75, 3.05) is 49.8 Å². The number of anilines is 3. The van der Waals surface area contributed by atoms with Crippen LogP contribution in [0.2, 0.25) is 0 Å². The molecule has 49 heavy (non-hydrogen) atoms. The molecule has 0 fully saturated rings. The topological polar surface area (TPSA) is 62.8 Å². The Balaban J connectivity index is 1.86. The minimum Gasteiger partial charge on any atom is -0.497 e. The molecule has 0 aliphatic carbocycles. The Labute approximate surface area is 292 Å². The van der Waals surface area contributed by atoms with Crippen LogP contribution in [0.25, 0.3) is 5.57 Å². The Bertz CT molecular complexity index is 1720. The third-order valence-electron chi connectivity index (χ3n) is 9.30. The van der Waals surface area contributed by atoms with Gasteiger partial charge in [0.05, 0.1) is 12.7 Å². The molecule has 5 rings (SSSR count). The first-order chi connectivity index (χ1) is 23.9. The summed E-state index contributed by atoms with van der Waals surface area (Å²) in [5.41, 5.74) is 7.57. The van der Waals surface area contributed by atoms with Gasteiger partial charge in [0.25, 0.3) is 0 Å². The summed E-state index contributed by atoms with van der Waals surface area (Å²) in [5.74, 6) is 0.351. The number of esters is 1. The monoisotopic (exact) mass is 657 g/mol. The van der Waals surface area contributed by atoms with Crippen LogP contribution in [0.15, 0.2) is 109 Å². The molecular weight excluding hydrogens is 606 g/mol. The molecule has 0 amide bonds. The molecule has 1 aliphatic heterocycles. The number of carbonyl (C=O) groups is 1. The number of nitrogens with one attached hydrogen (secondary N) is 2.